The summed E-state index contributed by atoms with van der Waals surface area (Å²) in [5, 5.41) is 0.320. The van der Waals surface area contributed by atoms with Crippen LogP contribution in [0.5, 0.6) is 5.75 Å². The number of thioether (sulfide) groups is 1. The smallest absolute Gasteiger partial charge is 0.271 e. The van der Waals surface area contributed by atoms with Crippen molar-refractivity contribution in [2.45, 2.75) is 11.8 Å². The van der Waals surface area contributed by atoms with Gasteiger partial charge in [0, 0.05) is 10.5 Å². The highest BCUT2D eigenvalue weighted by Crippen LogP contribution is 2.22. The predicted octanol–water partition coefficient (Wildman–Crippen LogP) is 3.54. The number of ether oxygens (including phenoxy) is 1. The lowest BCUT2D eigenvalue weighted by Gasteiger charge is -2.10. The molecule has 0 aliphatic carbocycles. The highest BCUT2D eigenvalue weighted by molar-refractivity contribution is 7.98. The molecule has 5 nitrogen and oxygen atoms in total. The number of nitrogens with one attached hydrogen (secondary N) is 2. The summed E-state index contributed by atoms with van der Waals surface area (Å²) in [6, 6.07) is 11.8. The van der Waals surface area contributed by atoms with Crippen LogP contribution in [0.25, 0.3) is 0 Å². The summed E-state index contributed by atoms with van der Waals surface area (Å²) in [5.74, 6) is -0.225. The molecule has 2 aromatic carbocycles. The third-order valence-corrected chi connectivity index (χ3v) is 4.19. The molecule has 24 heavy (non-hydrogen) atoms. The van der Waals surface area contributed by atoms with E-state index in [1.807, 2.05) is 19.2 Å². The van der Waals surface area contributed by atoms with Gasteiger partial charge < -0.3 is 4.74 Å². The van der Waals surface area contributed by atoms with Crippen LogP contribution in [0, 0.1) is 0 Å². The van der Waals surface area contributed by atoms with Gasteiger partial charge in [0.15, 0.2) is 0 Å². The molecule has 0 saturated heterocycles. The molecule has 0 atom stereocenters. The SMILES string of the molecule is CCOc1ccc(C(=O)NNC(=O)c2cc(SC)ccc2Cl)cc1. The average molecular weight is 365 g/mol. The first-order valence-electron chi connectivity index (χ1n) is 7.22. The van der Waals surface area contributed by atoms with E-state index in [9.17, 15) is 9.59 Å². The maximum absolute atomic E-state index is 12.2. The normalized spacial score (nSPS) is 10.1. The van der Waals surface area contributed by atoms with Crippen LogP contribution in [0.15, 0.2) is 47.4 Å². The fraction of sp³-hybridized carbons (Fsp3) is 0.176. The lowest BCUT2D eigenvalue weighted by molar-refractivity contribution is 0.0846. The molecule has 0 radical (unpaired) electrons. The van der Waals surface area contributed by atoms with Crippen molar-refractivity contribution in [3.8, 4) is 5.75 Å². The van der Waals surface area contributed by atoms with Crippen molar-refractivity contribution in [2.75, 3.05) is 12.9 Å². The van der Waals surface area contributed by atoms with E-state index in [1.165, 1.54) is 11.8 Å². The minimum Gasteiger partial charge on any atom is -0.494 e. The summed E-state index contributed by atoms with van der Waals surface area (Å²) in [5.41, 5.74) is 5.44. The highest BCUT2D eigenvalue weighted by atomic mass is 35.5. The zero-order valence-electron chi connectivity index (χ0n) is 13.3. The lowest BCUT2D eigenvalue weighted by atomic mass is 10.2. The largest absolute Gasteiger partial charge is 0.494 e. The standard InChI is InChI=1S/C17H17ClN2O3S/c1-3-23-12-6-4-11(5-7-12)16(21)19-20-17(22)14-10-13(24-2)8-9-15(14)18/h4-10H,3H2,1-2H3,(H,19,21)(H,20,22). The van der Waals surface area contributed by atoms with Crippen molar-refractivity contribution < 1.29 is 14.3 Å². The van der Waals surface area contributed by atoms with Gasteiger partial charge in [-0.1, -0.05) is 11.6 Å². The first kappa shape index (κ1) is 18.2. The van der Waals surface area contributed by atoms with E-state index in [2.05, 4.69) is 10.9 Å². The van der Waals surface area contributed by atoms with Gasteiger partial charge in [0.05, 0.1) is 17.2 Å². The zero-order valence-corrected chi connectivity index (χ0v) is 14.8. The Balaban J connectivity index is 1.99. The van der Waals surface area contributed by atoms with Gasteiger partial charge in [0.25, 0.3) is 11.8 Å². The minimum atomic E-state index is -0.477. The fourth-order valence-corrected chi connectivity index (χ4v) is 2.57. The quantitative estimate of drug-likeness (QED) is 0.629. The van der Waals surface area contributed by atoms with Gasteiger partial charge in [-0.05, 0) is 55.6 Å². The van der Waals surface area contributed by atoms with E-state index in [4.69, 9.17) is 16.3 Å². The summed E-state index contributed by atoms with van der Waals surface area (Å²) in [4.78, 5) is 25.1. The molecule has 0 spiro atoms. The van der Waals surface area contributed by atoms with Gasteiger partial charge in [-0.25, -0.2) is 0 Å². The molecular formula is C17H17ClN2O3S. The Morgan fingerprint density at radius 1 is 1.08 bits per heavy atom. The number of halogens is 1. The first-order valence-corrected chi connectivity index (χ1v) is 8.82. The molecule has 2 N–H and O–H groups in total. The zero-order chi connectivity index (χ0) is 17.5. The fourth-order valence-electron chi connectivity index (χ4n) is 1.93. The molecule has 0 aliphatic rings. The monoisotopic (exact) mass is 364 g/mol. The summed E-state index contributed by atoms with van der Waals surface area (Å²) >= 11 is 7.53. The van der Waals surface area contributed by atoms with Crippen molar-refractivity contribution >= 4 is 35.2 Å². The van der Waals surface area contributed by atoms with E-state index < -0.39 is 11.8 Å². The predicted molar refractivity (Wildman–Crippen MR) is 95.8 cm³/mol. The van der Waals surface area contributed by atoms with Gasteiger partial charge in [0.2, 0.25) is 0 Å². The molecular weight excluding hydrogens is 348 g/mol. The molecule has 0 aromatic heterocycles. The van der Waals surface area contributed by atoms with Crippen LogP contribution < -0.4 is 15.6 Å². The van der Waals surface area contributed by atoms with Gasteiger partial charge in [-0.2, -0.15) is 0 Å². The molecule has 2 rings (SSSR count). The molecule has 2 amide bonds. The van der Waals surface area contributed by atoms with Crippen molar-refractivity contribution in [3.63, 3.8) is 0 Å². The number of amides is 2. The van der Waals surface area contributed by atoms with Gasteiger partial charge in [-0.3, -0.25) is 20.4 Å². The number of hydrogen-bond acceptors (Lipinski definition) is 4. The number of rotatable bonds is 5. The molecule has 7 heteroatoms. The number of hydrazine groups is 1. The maximum atomic E-state index is 12.2. The maximum Gasteiger partial charge on any atom is 0.271 e. The second kappa shape index (κ2) is 8.61. The van der Waals surface area contributed by atoms with E-state index in [0.29, 0.717) is 28.5 Å². The Morgan fingerprint density at radius 2 is 1.75 bits per heavy atom. The summed E-state index contributed by atoms with van der Waals surface area (Å²) < 4.78 is 5.31. The highest BCUT2D eigenvalue weighted by Gasteiger charge is 2.13. The van der Waals surface area contributed by atoms with Crippen LogP contribution in [-0.2, 0) is 0 Å². The molecule has 0 heterocycles. The molecule has 0 bridgehead atoms. The van der Waals surface area contributed by atoms with Crippen molar-refractivity contribution in [2.24, 2.45) is 0 Å². The Bertz CT molecular complexity index is 735. The van der Waals surface area contributed by atoms with Gasteiger partial charge in [-0.15, -0.1) is 11.8 Å². The van der Waals surface area contributed by atoms with E-state index in [-0.39, 0.29) is 0 Å². The lowest BCUT2D eigenvalue weighted by Crippen LogP contribution is -2.41. The van der Waals surface area contributed by atoms with Crippen LogP contribution in [0.3, 0.4) is 0 Å². The van der Waals surface area contributed by atoms with Gasteiger partial charge in [0.1, 0.15) is 5.75 Å². The van der Waals surface area contributed by atoms with E-state index in [0.717, 1.165) is 4.90 Å². The first-order chi connectivity index (χ1) is 11.5. The van der Waals surface area contributed by atoms with Crippen molar-refractivity contribution in [1.29, 1.82) is 0 Å². The van der Waals surface area contributed by atoms with E-state index in [1.54, 1.807) is 36.4 Å². The Hall–Kier alpha value is -2.18. The number of benzene rings is 2. The molecule has 0 saturated carbocycles. The van der Waals surface area contributed by atoms with Crippen LogP contribution in [0.4, 0.5) is 0 Å². The van der Waals surface area contributed by atoms with Crippen LogP contribution >= 0.6 is 23.4 Å². The second-order valence-corrected chi connectivity index (χ2v) is 6.00. The molecule has 2 aromatic rings. The minimum absolute atomic E-state index is 0.301. The third kappa shape index (κ3) is 4.66. The van der Waals surface area contributed by atoms with Crippen LogP contribution in [0.1, 0.15) is 27.6 Å². The summed E-state index contributed by atoms with van der Waals surface area (Å²) in [6.45, 7) is 2.44. The number of hydrogen-bond donors (Lipinski definition) is 2. The summed E-state index contributed by atoms with van der Waals surface area (Å²) in [6.07, 6.45) is 1.90. The van der Waals surface area contributed by atoms with Crippen molar-refractivity contribution in [1.82, 2.24) is 10.9 Å². The molecule has 0 aliphatic heterocycles. The van der Waals surface area contributed by atoms with Crippen molar-refractivity contribution in [3.05, 3.63) is 58.6 Å². The average Bonchev–Trinajstić information content (AvgIpc) is 2.60. The van der Waals surface area contributed by atoms with Gasteiger partial charge >= 0.3 is 0 Å². The topological polar surface area (TPSA) is 67.4 Å². The van der Waals surface area contributed by atoms with E-state index >= 15 is 0 Å². The summed E-state index contributed by atoms with van der Waals surface area (Å²) in [7, 11) is 0. The number of carbonyl (C=O) groups excluding carboxylic acids is 2. The number of carbonyl (C=O) groups is 2. The van der Waals surface area contributed by atoms with Crippen LogP contribution in [-0.4, -0.2) is 24.7 Å². The molecule has 0 fully saturated rings. The Labute approximate surface area is 149 Å². The Morgan fingerprint density at radius 3 is 2.38 bits per heavy atom. The third-order valence-electron chi connectivity index (χ3n) is 3.14. The Kier molecular flexibility index (Phi) is 6.52. The molecule has 126 valence electrons. The van der Waals surface area contributed by atoms with Crippen LogP contribution in [0.2, 0.25) is 5.02 Å². The second-order valence-electron chi connectivity index (χ2n) is 4.71. The molecule has 0 unspecified atom stereocenters.